The van der Waals surface area contributed by atoms with Crippen LogP contribution in [0.1, 0.15) is 12.0 Å². The molecule has 0 saturated heterocycles. The van der Waals surface area contributed by atoms with Crippen molar-refractivity contribution in [2.24, 2.45) is 0 Å². The average molecular weight is 380 g/mol. The van der Waals surface area contributed by atoms with Gasteiger partial charge in [-0.05, 0) is 36.6 Å². The van der Waals surface area contributed by atoms with E-state index in [4.69, 9.17) is 4.42 Å². The van der Waals surface area contributed by atoms with Crippen LogP contribution in [0.25, 0.3) is 11.6 Å². The second kappa shape index (κ2) is 7.84. The number of hydrogen-bond donors (Lipinski definition) is 0. The zero-order valence-corrected chi connectivity index (χ0v) is 15.7. The summed E-state index contributed by atoms with van der Waals surface area (Å²) in [5, 5.41) is 9.16. The normalized spacial score (nSPS) is 13.4. The highest BCUT2D eigenvalue weighted by Gasteiger charge is 2.23. The number of thioether (sulfide) groups is 1. The number of carbonyl (C=O) groups is 1. The fourth-order valence-corrected chi connectivity index (χ4v) is 4.10. The summed E-state index contributed by atoms with van der Waals surface area (Å²) in [7, 11) is 0. The zero-order valence-electron chi connectivity index (χ0n) is 14.9. The molecule has 0 N–H and O–H groups in total. The highest BCUT2D eigenvalue weighted by molar-refractivity contribution is 7.99. The van der Waals surface area contributed by atoms with E-state index in [0.29, 0.717) is 29.0 Å². The number of carbonyl (C=O) groups excluding carboxylic acids is 1. The van der Waals surface area contributed by atoms with Crippen LogP contribution < -0.4 is 4.90 Å². The van der Waals surface area contributed by atoms with Crippen LogP contribution in [0.15, 0.2) is 64.9 Å². The molecule has 2 aromatic heterocycles. The van der Waals surface area contributed by atoms with Gasteiger partial charge < -0.3 is 9.32 Å². The van der Waals surface area contributed by atoms with E-state index in [1.807, 2.05) is 39.8 Å². The molecule has 138 valence electrons. The average Bonchev–Trinajstić information content (AvgIpc) is 3.36. The van der Waals surface area contributed by atoms with Crippen molar-refractivity contribution in [1.29, 1.82) is 0 Å². The molecule has 0 saturated carbocycles. The molecule has 1 amide bonds. The first-order valence-corrected chi connectivity index (χ1v) is 9.85. The lowest BCUT2D eigenvalue weighted by Crippen LogP contribution is -2.36. The molecule has 27 heavy (non-hydrogen) atoms. The maximum absolute atomic E-state index is 12.8. The molecule has 0 unspecified atom stereocenters. The molecule has 6 nitrogen and oxygen atoms in total. The predicted molar refractivity (Wildman–Crippen MR) is 106 cm³/mol. The van der Waals surface area contributed by atoms with Crippen molar-refractivity contribution >= 4 is 23.4 Å². The standard InChI is InChI=1S/C20H20N4O2S/c1-2-11-24-19(17-10-6-13-26-17)21-22-20(24)27-14-18(25)23-12-5-8-15-7-3-4-9-16(15)23/h2-4,6-7,9-10,13H,1,5,8,11-12,14H2. The Balaban J connectivity index is 1.51. The fraction of sp³-hybridized carbons (Fsp3) is 0.250. The van der Waals surface area contributed by atoms with Crippen molar-refractivity contribution in [3.05, 3.63) is 60.9 Å². The van der Waals surface area contributed by atoms with Crippen molar-refractivity contribution in [2.45, 2.75) is 24.5 Å². The van der Waals surface area contributed by atoms with E-state index in [1.54, 1.807) is 12.3 Å². The van der Waals surface area contributed by atoms with E-state index in [0.717, 1.165) is 25.1 Å². The molecular formula is C20H20N4O2S. The zero-order chi connectivity index (χ0) is 18.6. The summed E-state index contributed by atoms with van der Waals surface area (Å²) in [5.74, 6) is 1.67. The summed E-state index contributed by atoms with van der Waals surface area (Å²) >= 11 is 1.39. The van der Waals surface area contributed by atoms with Crippen LogP contribution in [0.5, 0.6) is 0 Å². The second-order valence-electron chi connectivity index (χ2n) is 6.25. The monoisotopic (exact) mass is 380 g/mol. The molecule has 1 aromatic carbocycles. The Morgan fingerprint density at radius 3 is 2.96 bits per heavy atom. The number of hydrogen-bond acceptors (Lipinski definition) is 5. The molecule has 3 aromatic rings. The van der Waals surface area contributed by atoms with Gasteiger partial charge in [0.05, 0.1) is 12.0 Å². The summed E-state index contributed by atoms with van der Waals surface area (Å²) in [4.78, 5) is 14.7. The number of nitrogens with zero attached hydrogens (tertiary/aromatic N) is 4. The molecule has 3 heterocycles. The first-order chi connectivity index (χ1) is 13.3. The van der Waals surface area contributed by atoms with Crippen molar-refractivity contribution in [2.75, 3.05) is 17.2 Å². The van der Waals surface area contributed by atoms with Gasteiger partial charge in [-0.3, -0.25) is 9.36 Å². The van der Waals surface area contributed by atoms with Gasteiger partial charge in [0.2, 0.25) is 11.7 Å². The number of rotatable bonds is 6. The minimum Gasteiger partial charge on any atom is -0.461 e. The van der Waals surface area contributed by atoms with Crippen LogP contribution in [0, 0.1) is 0 Å². The Kier molecular flexibility index (Phi) is 5.11. The van der Waals surface area contributed by atoms with Gasteiger partial charge in [-0.25, -0.2) is 0 Å². The molecule has 0 radical (unpaired) electrons. The smallest absolute Gasteiger partial charge is 0.237 e. The van der Waals surface area contributed by atoms with Crippen molar-refractivity contribution in [1.82, 2.24) is 14.8 Å². The minimum absolute atomic E-state index is 0.0832. The highest BCUT2D eigenvalue weighted by Crippen LogP contribution is 2.29. The predicted octanol–water partition coefficient (Wildman–Crippen LogP) is 3.80. The van der Waals surface area contributed by atoms with Crippen LogP contribution in [-0.4, -0.2) is 33.0 Å². The van der Waals surface area contributed by atoms with E-state index in [2.05, 4.69) is 22.8 Å². The summed E-state index contributed by atoms with van der Waals surface area (Å²) < 4.78 is 7.35. The van der Waals surface area contributed by atoms with Gasteiger partial charge in [0.1, 0.15) is 0 Å². The highest BCUT2D eigenvalue weighted by atomic mass is 32.2. The molecule has 1 aliphatic rings. The number of benzene rings is 1. The Bertz CT molecular complexity index is 949. The third kappa shape index (κ3) is 3.55. The number of furan rings is 1. The largest absolute Gasteiger partial charge is 0.461 e. The molecule has 4 rings (SSSR count). The van der Waals surface area contributed by atoms with Gasteiger partial charge >= 0.3 is 0 Å². The lowest BCUT2D eigenvalue weighted by Gasteiger charge is -2.29. The molecule has 0 fully saturated rings. The van der Waals surface area contributed by atoms with Gasteiger partial charge in [-0.15, -0.1) is 16.8 Å². The third-order valence-corrected chi connectivity index (χ3v) is 5.46. The summed E-state index contributed by atoms with van der Waals surface area (Å²) in [6.45, 7) is 5.11. The molecule has 1 aliphatic heterocycles. The lowest BCUT2D eigenvalue weighted by molar-refractivity contribution is -0.116. The van der Waals surface area contributed by atoms with Crippen LogP contribution in [0.4, 0.5) is 5.69 Å². The van der Waals surface area contributed by atoms with Gasteiger partial charge in [0, 0.05) is 18.8 Å². The SMILES string of the molecule is C=CCn1c(SCC(=O)N2CCCc3ccccc32)nnc1-c1ccco1. The number of allylic oxidation sites excluding steroid dienone is 1. The number of aryl methyl sites for hydroxylation is 1. The maximum Gasteiger partial charge on any atom is 0.237 e. The Labute approximate surface area is 161 Å². The Morgan fingerprint density at radius 2 is 2.15 bits per heavy atom. The summed E-state index contributed by atoms with van der Waals surface area (Å²) in [5.41, 5.74) is 2.26. The molecular weight excluding hydrogens is 360 g/mol. The van der Waals surface area contributed by atoms with Crippen molar-refractivity contribution in [3.63, 3.8) is 0 Å². The summed E-state index contributed by atoms with van der Waals surface area (Å²) in [6, 6.07) is 11.8. The van der Waals surface area contributed by atoms with Crippen molar-refractivity contribution < 1.29 is 9.21 Å². The van der Waals surface area contributed by atoms with E-state index in [-0.39, 0.29) is 5.91 Å². The third-order valence-electron chi connectivity index (χ3n) is 4.51. The van der Waals surface area contributed by atoms with Crippen LogP contribution in [0.2, 0.25) is 0 Å². The molecule has 0 bridgehead atoms. The quantitative estimate of drug-likeness (QED) is 0.481. The van der Waals surface area contributed by atoms with E-state index in [9.17, 15) is 4.79 Å². The number of fused-ring (bicyclic) bond motifs is 1. The lowest BCUT2D eigenvalue weighted by atomic mass is 10.0. The first-order valence-electron chi connectivity index (χ1n) is 8.87. The molecule has 0 spiro atoms. The van der Waals surface area contributed by atoms with E-state index < -0.39 is 0 Å². The fourth-order valence-electron chi connectivity index (χ4n) is 3.27. The van der Waals surface area contributed by atoms with Gasteiger partial charge in [0.25, 0.3) is 0 Å². The minimum atomic E-state index is 0.0832. The number of para-hydroxylation sites is 1. The van der Waals surface area contributed by atoms with Gasteiger partial charge in [-0.2, -0.15) is 0 Å². The van der Waals surface area contributed by atoms with Gasteiger partial charge in [-0.1, -0.05) is 36.0 Å². The molecule has 0 aliphatic carbocycles. The topological polar surface area (TPSA) is 64.2 Å². The second-order valence-corrected chi connectivity index (χ2v) is 7.19. The van der Waals surface area contributed by atoms with Crippen LogP contribution >= 0.6 is 11.8 Å². The molecule has 7 heteroatoms. The van der Waals surface area contributed by atoms with Gasteiger partial charge in [0.15, 0.2) is 10.9 Å². The summed E-state index contributed by atoms with van der Waals surface area (Å²) in [6.07, 6.45) is 5.39. The van der Waals surface area contributed by atoms with Crippen molar-refractivity contribution in [3.8, 4) is 11.6 Å². The Hall–Kier alpha value is -2.80. The number of anilines is 1. The number of amides is 1. The first kappa shape index (κ1) is 17.6. The van der Waals surface area contributed by atoms with E-state index >= 15 is 0 Å². The Morgan fingerprint density at radius 1 is 1.26 bits per heavy atom. The van der Waals surface area contributed by atoms with E-state index in [1.165, 1.54) is 17.3 Å². The molecule has 0 atom stereocenters. The number of aromatic nitrogens is 3. The van der Waals surface area contributed by atoms with Crippen LogP contribution in [-0.2, 0) is 17.8 Å². The van der Waals surface area contributed by atoms with Crippen LogP contribution in [0.3, 0.4) is 0 Å². The maximum atomic E-state index is 12.8.